The number of nitrogens with zero attached hydrogens (tertiary/aromatic N) is 2. The highest BCUT2D eigenvalue weighted by Gasteiger charge is 2.24. The van der Waals surface area contributed by atoms with Gasteiger partial charge in [0.25, 0.3) is 11.8 Å². The molecule has 4 rings (SSSR count). The van der Waals surface area contributed by atoms with Crippen molar-refractivity contribution in [2.45, 2.75) is 32.8 Å². The summed E-state index contributed by atoms with van der Waals surface area (Å²) in [6, 6.07) is 27.3. The number of amides is 3. The molecular formula is C34H36N4O5. The molecule has 0 bridgehead atoms. The summed E-state index contributed by atoms with van der Waals surface area (Å²) in [6.45, 7) is 5.78. The van der Waals surface area contributed by atoms with Crippen molar-refractivity contribution in [3.63, 3.8) is 0 Å². The maximum Gasteiger partial charge on any atom is 0.414 e. The monoisotopic (exact) mass is 580 g/mol. The Kier molecular flexibility index (Phi) is 10.1. The number of benzene rings is 3. The second kappa shape index (κ2) is 14.1. The van der Waals surface area contributed by atoms with Crippen molar-refractivity contribution in [3.8, 4) is 16.9 Å². The van der Waals surface area contributed by atoms with E-state index in [1.807, 2.05) is 69.3 Å². The van der Waals surface area contributed by atoms with Crippen LogP contribution in [-0.4, -0.2) is 48.7 Å². The van der Waals surface area contributed by atoms with Gasteiger partial charge in [0.1, 0.15) is 11.4 Å². The Morgan fingerprint density at radius 3 is 2.21 bits per heavy atom. The number of anilines is 2. The second-order valence-electron chi connectivity index (χ2n) is 10.7. The van der Waals surface area contributed by atoms with Crippen LogP contribution in [0.25, 0.3) is 11.1 Å². The van der Waals surface area contributed by atoms with E-state index in [-0.39, 0.29) is 18.4 Å². The van der Waals surface area contributed by atoms with Crippen LogP contribution in [0.2, 0.25) is 0 Å². The fraction of sp³-hybridized carbons (Fsp3) is 0.235. The summed E-state index contributed by atoms with van der Waals surface area (Å²) >= 11 is 0. The molecule has 9 heteroatoms. The molecule has 0 radical (unpaired) electrons. The molecule has 0 unspecified atom stereocenters. The lowest BCUT2D eigenvalue weighted by atomic mass is 9.99. The third-order valence-corrected chi connectivity index (χ3v) is 6.35. The molecular weight excluding hydrogens is 544 g/mol. The van der Waals surface area contributed by atoms with Gasteiger partial charge in [-0.25, -0.2) is 4.79 Å². The van der Waals surface area contributed by atoms with Gasteiger partial charge in [0.2, 0.25) is 0 Å². The Morgan fingerprint density at radius 2 is 1.56 bits per heavy atom. The third kappa shape index (κ3) is 8.90. The van der Waals surface area contributed by atoms with E-state index in [0.717, 1.165) is 16.8 Å². The van der Waals surface area contributed by atoms with Crippen molar-refractivity contribution in [3.05, 3.63) is 108 Å². The van der Waals surface area contributed by atoms with E-state index in [2.05, 4.69) is 15.6 Å². The molecule has 1 heterocycles. The zero-order chi connectivity index (χ0) is 30.8. The minimum absolute atomic E-state index is 0.0760. The van der Waals surface area contributed by atoms with Gasteiger partial charge in [-0.15, -0.1) is 0 Å². The van der Waals surface area contributed by atoms with Gasteiger partial charge in [0, 0.05) is 48.8 Å². The summed E-state index contributed by atoms with van der Waals surface area (Å²) < 4.78 is 11.1. The van der Waals surface area contributed by atoms with Gasteiger partial charge in [0.15, 0.2) is 6.61 Å². The number of aromatic nitrogens is 1. The molecule has 4 aromatic rings. The Hall–Kier alpha value is -5.18. The van der Waals surface area contributed by atoms with E-state index in [0.29, 0.717) is 35.7 Å². The first-order valence-corrected chi connectivity index (χ1v) is 14.0. The zero-order valence-corrected chi connectivity index (χ0v) is 24.8. The van der Waals surface area contributed by atoms with Crippen LogP contribution in [-0.2, 0) is 16.0 Å². The highest BCUT2D eigenvalue weighted by atomic mass is 16.6. The maximum absolute atomic E-state index is 13.4. The molecule has 0 aliphatic heterocycles. The van der Waals surface area contributed by atoms with Crippen molar-refractivity contribution in [1.29, 1.82) is 0 Å². The summed E-state index contributed by atoms with van der Waals surface area (Å²) in [7, 11) is 1.55. The van der Waals surface area contributed by atoms with Gasteiger partial charge in [-0.2, -0.15) is 0 Å². The van der Waals surface area contributed by atoms with E-state index in [1.54, 1.807) is 60.6 Å². The van der Waals surface area contributed by atoms with Crippen LogP contribution < -0.4 is 20.3 Å². The average Bonchev–Trinajstić information content (AvgIpc) is 3.00. The predicted octanol–water partition coefficient (Wildman–Crippen LogP) is 6.11. The van der Waals surface area contributed by atoms with Crippen LogP contribution in [0.3, 0.4) is 0 Å². The normalized spacial score (nSPS) is 10.9. The first kappa shape index (κ1) is 30.8. The van der Waals surface area contributed by atoms with Crippen molar-refractivity contribution >= 4 is 29.3 Å². The fourth-order valence-corrected chi connectivity index (χ4v) is 4.22. The van der Waals surface area contributed by atoms with E-state index >= 15 is 0 Å². The van der Waals surface area contributed by atoms with Crippen molar-refractivity contribution in [1.82, 2.24) is 10.3 Å². The molecule has 0 saturated heterocycles. The van der Waals surface area contributed by atoms with Crippen LogP contribution in [0, 0.1) is 0 Å². The van der Waals surface area contributed by atoms with E-state index in [9.17, 15) is 14.4 Å². The number of hydrogen-bond acceptors (Lipinski definition) is 6. The molecule has 0 spiro atoms. The zero-order valence-electron chi connectivity index (χ0n) is 24.8. The lowest BCUT2D eigenvalue weighted by Crippen LogP contribution is -2.38. The van der Waals surface area contributed by atoms with E-state index in [4.69, 9.17) is 9.47 Å². The van der Waals surface area contributed by atoms with E-state index < -0.39 is 11.7 Å². The Balaban J connectivity index is 1.48. The fourth-order valence-electron chi connectivity index (χ4n) is 4.22. The lowest BCUT2D eigenvalue weighted by Gasteiger charge is -2.27. The maximum atomic E-state index is 13.4. The molecule has 0 aliphatic rings. The Labute approximate surface area is 251 Å². The number of carbonyl (C=O) groups is 3. The lowest BCUT2D eigenvalue weighted by molar-refractivity contribution is -0.122. The first-order chi connectivity index (χ1) is 20.6. The van der Waals surface area contributed by atoms with Crippen LogP contribution in [0.4, 0.5) is 16.2 Å². The molecule has 222 valence electrons. The number of carbonyl (C=O) groups excluding carboxylic acids is 3. The summed E-state index contributed by atoms with van der Waals surface area (Å²) in [6.07, 6.45) is 1.82. The molecule has 0 saturated carbocycles. The van der Waals surface area contributed by atoms with E-state index in [1.165, 1.54) is 0 Å². The number of rotatable bonds is 10. The van der Waals surface area contributed by atoms with Gasteiger partial charge in [-0.3, -0.25) is 19.5 Å². The Morgan fingerprint density at radius 1 is 0.860 bits per heavy atom. The van der Waals surface area contributed by atoms with Crippen molar-refractivity contribution in [2.75, 3.05) is 30.4 Å². The highest BCUT2D eigenvalue weighted by molar-refractivity contribution is 6.08. The standard InChI is InChI=1S/C34H36N4O5/c1-34(2,3)43-33(41)38(22-20-25-9-7-8-21-36-25)27-16-14-26(15-17-27)37-32(40)30-11-6-5-10-29(30)24-12-18-28(19-13-24)42-23-31(39)35-4/h5-19,21H,20,22-23H2,1-4H3,(H,35,39)(H,37,40). The predicted molar refractivity (Wildman–Crippen MR) is 167 cm³/mol. The molecule has 2 N–H and O–H groups in total. The summed E-state index contributed by atoms with van der Waals surface area (Å²) in [5.74, 6) is 0.0541. The number of likely N-dealkylation sites (N-methyl/N-ethyl adjacent to an activating group) is 1. The topological polar surface area (TPSA) is 110 Å². The van der Waals surface area contributed by atoms with Gasteiger partial charge >= 0.3 is 6.09 Å². The van der Waals surface area contributed by atoms with Gasteiger partial charge in [0.05, 0.1) is 0 Å². The number of nitrogens with one attached hydrogen (secondary N) is 2. The largest absolute Gasteiger partial charge is 0.484 e. The SMILES string of the molecule is CNC(=O)COc1ccc(-c2ccccc2C(=O)Nc2ccc(N(CCc3ccccn3)C(=O)OC(C)(C)C)cc2)cc1. The van der Waals surface area contributed by atoms with Gasteiger partial charge in [-0.05, 0) is 86.5 Å². The van der Waals surface area contributed by atoms with Crippen molar-refractivity contribution < 1.29 is 23.9 Å². The van der Waals surface area contributed by atoms with Gasteiger partial charge in [-0.1, -0.05) is 36.4 Å². The average molecular weight is 581 g/mol. The highest BCUT2D eigenvalue weighted by Crippen LogP contribution is 2.27. The first-order valence-electron chi connectivity index (χ1n) is 14.0. The summed E-state index contributed by atoms with van der Waals surface area (Å²) in [5, 5.41) is 5.47. The molecule has 9 nitrogen and oxygen atoms in total. The summed E-state index contributed by atoms with van der Waals surface area (Å²) in [5.41, 5.74) is 3.51. The van der Waals surface area contributed by atoms with Crippen LogP contribution in [0.1, 0.15) is 36.8 Å². The van der Waals surface area contributed by atoms with Crippen LogP contribution >= 0.6 is 0 Å². The van der Waals surface area contributed by atoms with Crippen molar-refractivity contribution in [2.24, 2.45) is 0 Å². The molecule has 1 aromatic heterocycles. The summed E-state index contributed by atoms with van der Waals surface area (Å²) in [4.78, 5) is 43.8. The third-order valence-electron chi connectivity index (χ3n) is 6.35. The minimum Gasteiger partial charge on any atom is -0.484 e. The number of pyridine rings is 1. The molecule has 43 heavy (non-hydrogen) atoms. The molecule has 0 aliphatic carbocycles. The van der Waals surface area contributed by atoms with Crippen LogP contribution in [0.15, 0.2) is 97.2 Å². The second-order valence-corrected chi connectivity index (χ2v) is 10.7. The van der Waals surface area contributed by atoms with Gasteiger partial charge < -0.3 is 20.1 Å². The smallest absolute Gasteiger partial charge is 0.414 e. The number of hydrogen-bond donors (Lipinski definition) is 2. The minimum atomic E-state index is -0.652. The molecule has 0 atom stereocenters. The molecule has 3 amide bonds. The van der Waals surface area contributed by atoms with Crippen LogP contribution in [0.5, 0.6) is 5.75 Å². The molecule has 3 aromatic carbocycles. The Bertz CT molecular complexity index is 1530. The quantitative estimate of drug-likeness (QED) is 0.234. The number of ether oxygens (including phenoxy) is 2. The molecule has 0 fully saturated rings.